The summed E-state index contributed by atoms with van der Waals surface area (Å²) in [6.07, 6.45) is 0.973. The summed E-state index contributed by atoms with van der Waals surface area (Å²) >= 11 is 0. The van der Waals surface area contributed by atoms with Crippen LogP contribution < -0.4 is 11.1 Å². The average molecular weight is 186 g/mol. The molecule has 0 aliphatic rings. The minimum atomic E-state index is -0.0761. The molecule has 0 saturated carbocycles. The van der Waals surface area contributed by atoms with Crippen LogP contribution in [0.5, 0.6) is 0 Å². The molecule has 78 valence electrons. The summed E-state index contributed by atoms with van der Waals surface area (Å²) in [5, 5.41) is 3.00. The summed E-state index contributed by atoms with van der Waals surface area (Å²) in [6.45, 7) is 8.57. The van der Waals surface area contributed by atoms with Crippen LogP contribution in [0.2, 0.25) is 0 Å². The molecule has 0 aromatic carbocycles. The van der Waals surface area contributed by atoms with Crippen molar-refractivity contribution >= 4 is 5.91 Å². The molecule has 1 amide bonds. The van der Waals surface area contributed by atoms with Gasteiger partial charge in [0.15, 0.2) is 0 Å². The van der Waals surface area contributed by atoms with Gasteiger partial charge in [0.2, 0.25) is 5.91 Å². The average Bonchev–Trinajstić information content (AvgIpc) is 2.11. The molecular weight excluding hydrogens is 164 g/mol. The van der Waals surface area contributed by atoms with E-state index in [1.807, 2.05) is 6.92 Å². The van der Waals surface area contributed by atoms with Crippen LogP contribution in [0, 0.1) is 11.8 Å². The van der Waals surface area contributed by atoms with Gasteiger partial charge in [-0.25, -0.2) is 0 Å². The maximum Gasteiger partial charge on any atom is 0.224 e. The molecule has 0 aromatic rings. The zero-order valence-electron chi connectivity index (χ0n) is 9.13. The number of nitrogens with one attached hydrogen (secondary N) is 1. The Morgan fingerprint density at radius 2 is 1.92 bits per heavy atom. The Balaban J connectivity index is 4.01. The third-order valence-corrected chi connectivity index (χ3v) is 2.37. The number of carbonyl (C=O) groups excluding carboxylic acids is 1. The van der Waals surface area contributed by atoms with Crippen LogP contribution in [0.4, 0.5) is 0 Å². The van der Waals surface area contributed by atoms with Crippen LogP contribution in [-0.2, 0) is 4.79 Å². The van der Waals surface area contributed by atoms with Crippen molar-refractivity contribution < 1.29 is 4.79 Å². The van der Waals surface area contributed by atoms with Crippen LogP contribution in [0.3, 0.4) is 0 Å². The summed E-state index contributed by atoms with van der Waals surface area (Å²) in [4.78, 5) is 11.5. The van der Waals surface area contributed by atoms with Crippen molar-refractivity contribution in [3.63, 3.8) is 0 Å². The molecule has 0 aromatic heterocycles. The molecule has 3 heteroatoms. The normalized spacial score (nSPS) is 15.5. The third-order valence-electron chi connectivity index (χ3n) is 2.37. The molecule has 0 bridgehead atoms. The van der Waals surface area contributed by atoms with Crippen LogP contribution >= 0.6 is 0 Å². The highest BCUT2D eigenvalue weighted by molar-refractivity contribution is 5.78. The molecule has 0 fully saturated rings. The van der Waals surface area contributed by atoms with Gasteiger partial charge in [-0.05, 0) is 12.3 Å². The molecule has 2 atom stereocenters. The van der Waals surface area contributed by atoms with Crippen LogP contribution in [0.25, 0.3) is 0 Å². The minimum Gasteiger partial charge on any atom is -0.353 e. The molecular formula is C10H22N2O. The van der Waals surface area contributed by atoms with Crippen LogP contribution in [0.15, 0.2) is 0 Å². The van der Waals surface area contributed by atoms with Gasteiger partial charge in [0.05, 0.1) is 0 Å². The summed E-state index contributed by atoms with van der Waals surface area (Å²) < 4.78 is 0. The van der Waals surface area contributed by atoms with Crippen molar-refractivity contribution in [1.82, 2.24) is 5.32 Å². The first kappa shape index (κ1) is 12.4. The molecule has 0 heterocycles. The van der Waals surface area contributed by atoms with E-state index in [0.717, 1.165) is 6.42 Å². The predicted octanol–water partition coefficient (Wildman–Crippen LogP) is 1.13. The Morgan fingerprint density at radius 3 is 2.23 bits per heavy atom. The first-order chi connectivity index (χ1) is 6.02. The SMILES string of the molecule is CCC(NC(=O)C(C)CN)C(C)C. The van der Waals surface area contributed by atoms with Crippen molar-refractivity contribution in [1.29, 1.82) is 0 Å². The highest BCUT2D eigenvalue weighted by atomic mass is 16.1. The second-order valence-corrected chi connectivity index (χ2v) is 3.90. The Bertz CT molecular complexity index is 157. The van der Waals surface area contributed by atoms with E-state index in [4.69, 9.17) is 5.73 Å². The lowest BCUT2D eigenvalue weighted by atomic mass is 10.0. The molecule has 0 spiro atoms. The number of hydrogen-bond donors (Lipinski definition) is 2. The second kappa shape index (κ2) is 5.97. The molecule has 0 aliphatic heterocycles. The van der Waals surface area contributed by atoms with Crippen LogP contribution in [0.1, 0.15) is 34.1 Å². The maximum absolute atomic E-state index is 11.5. The summed E-state index contributed by atoms with van der Waals surface area (Å²) in [5.74, 6) is 0.481. The van der Waals surface area contributed by atoms with Gasteiger partial charge in [-0.2, -0.15) is 0 Å². The van der Waals surface area contributed by atoms with Gasteiger partial charge in [-0.15, -0.1) is 0 Å². The van der Waals surface area contributed by atoms with Gasteiger partial charge in [0, 0.05) is 18.5 Å². The highest BCUT2D eigenvalue weighted by Gasteiger charge is 2.17. The highest BCUT2D eigenvalue weighted by Crippen LogP contribution is 2.06. The Labute approximate surface area is 81.1 Å². The van der Waals surface area contributed by atoms with E-state index in [9.17, 15) is 4.79 Å². The van der Waals surface area contributed by atoms with Gasteiger partial charge < -0.3 is 11.1 Å². The first-order valence-corrected chi connectivity index (χ1v) is 5.03. The fourth-order valence-electron chi connectivity index (χ4n) is 1.17. The van der Waals surface area contributed by atoms with E-state index in [0.29, 0.717) is 12.5 Å². The summed E-state index contributed by atoms with van der Waals surface area (Å²) in [6, 6.07) is 0.279. The lowest BCUT2D eigenvalue weighted by molar-refractivity contribution is -0.125. The van der Waals surface area contributed by atoms with Gasteiger partial charge in [0.25, 0.3) is 0 Å². The standard InChI is InChI=1S/C10H22N2O/c1-5-9(7(2)3)12-10(13)8(4)6-11/h7-9H,5-6,11H2,1-4H3,(H,12,13). The van der Waals surface area contributed by atoms with E-state index < -0.39 is 0 Å². The number of rotatable bonds is 5. The van der Waals surface area contributed by atoms with E-state index in [2.05, 4.69) is 26.1 Å². The second-order valence-electron chi connectivity index (χ2n) is 3.90. The quantitative estimate of drug-likeness (QED) is 0.676. The number of amides is 1. The molecule has 3 N–H and O–H groups in total. The monoisotopic (exact) mass is 186 g/mol. The largest absolute Gasteiger partial charge is 0.353 e. The van der Waals surface area contributed by atoms with Gasteiger partial charge >= 0.3 is 0 Å². The molecule has 0 aliphatic carbocycles. The molecule has 0 saturated heterocycles. The van der Waals surface area contributed by atoms with E-state index in [-0.39, 0.29) is 17.9 Å². The minimum absolute atomic E-state index is 0.0723. The zero-order chi connectivity index (χ0) is 10.4. The molecule has 0 rings (SSSR count). The van der Waals surface area contributed by atoms with Crippen molar-refractivity contribution in [2.75, 3.05) is 6.54 Å². The smallest absolute Gasteiger partial charge is 0.224 e. The lowest BCUT2D eigenvalue weighted by Crippen LogP contribution is -2.42. The zero-order valence-corrected chi connectivity index (χ0v) is 9.13. The van der Waals surface area contributed by atoms with E-state index >= 15 is 0 Å². The Morgan fingerprint density at radius 1 is 1.38 bits per heavy atom. The van der Waals surface area contributed by atoms with Crippen molar-refractivity contribution in [3.05, 3.63) is 0 Å². The topological polar surface area (TPSA) is 55.1 Å². The fourth-order valence-corrected chi connectivity index (χ4v) is 1.17. The molecule has 0 radical (unpaired) electrons. The Kier molecular flexibility index (Phi) is 5.71. The van der Waals surface area contributed by atoms with Crippen molar-refractivity contribution in [3.8, 4) is 0 Å². The van der Waals surface area contributed by atoms with Gasteiger partial charge in [-0.1, -0.05) is 27.7 Å². The number of carbonyl (C=O) groups is 1. The van der Waals surface area contributed by atoms with E-state index in [1.165, 1.54) is 0 Å². The fraction of sp³-hybridized carbons (Fsp3) is 0.900. The molecule has 3 nitrogen and oxygen atoms in total. The maximum atomic E-state index is 11.5. The van der Waals surface area contributed by atoms with Gasteiger partial charge in [0.1, 0.15) is 0 Å². The first-order valence-electron chi connectivity index (χ1n) is 5.03. The molecule has 2 unspecified atom stereocenters. The lowest BCUT2D eigenvalue weighted by Gasteiger charge is -2.22. The predicted molar refractivity (Wildman–Crippen MR) is 55.3 cm³/mol. The summed E-state index contributed by atoms with van der Waals surface area (Å²) in [7, 11) is 0. The molecule has 13 heavy (non-hydrogen) atoms. The third kappa shape index (κ3) is 4.27. The number of hydrogen-bond acceptors (Lipinski definition) is 2. The van der Waals surface area contributed by atoms with Crippen LogP contribution in [-0.4, -0.2) is 18.5 Å². The van der Waals surface area contributed by atoms with Gasteiger partial charge in [-0.3, -0.25) is 4.79 Å². The van der Waals surface area contributed by atoms with E-state index in [1.54, 1.807) is 0 Å². The van der Waals surface area contributed by atoms with Crippen molar-refractivity contribution in [2.24, 2.45) is 17.6 Å². The summed E-state index contributed by atoms with van der Waals surface area (Å²) in [5.41, 5.74) is 5.41. The number of nitrogens with two attached hydrogens (primary N) is 1. The Hall–Kier alpha value is -0.570. The van der Waals surface area contributed by atoms with Crippen molar-refractivity contribution in [2.45, 2.75) is 40.2 Å².